The molecule has 0 N–H and O–H groups in total. The number of rotatable bonds is 1. The van der Waals surface area contributed by atoms with Gasteiger partial charge in [0.1, 0.15) is 5.75 Å². The van der Waals surface area contributed by atoms with Crippen molar-refractivity contribution in [3.63, 3.8) is 0 Å². The highest BCUT2D eigenvalue weighted by atomic mass is 16.7. The molecule has 0 atom stereocenters. The first-order chi connectivity index (χ1) is 6.33. The van der Waals surface area contributed by atoms with Gasteiger partial charge in [-0.2, -0.15) is 0 Å². The van der Waals surface area contributed by atoms with Crippen molar-refractivity contribution in [1.29, 1.82) is 0 Å². The molecule has 0 aliphatic rings. The van der Waals surface area contributed by atoms with Gasteiger partial charge in [0.2, 0.25) is 0 Å². The molecule has 0 saturated carbocycles. The van der Waals surface area contributed by atoms with Crippen molar-refractivity contribution in [2.45, 2.75) is 13.8 Å². The van der Waals surface area contributed by atoms with Gasteiger partial charge in [0.25, 0.3) is 0 Å². The predicted octanol–water partition coefficient (Wildman–Crippen LogP) is 2.86. The van der Waals surface area contributed by atoms with Crippen LogP contribution in [0.4, 0.5) is 4.79 Å². The molecule has 72 valence electrons. The number of ether oxygens (including phenoxy) is 2. The Morgan fingerprint density at radius 2 is 1.69 bits per heavy atom. The number of carbonyl (C=O) groups excluding carboxylic acids is 1. The fraction of sp³-hybridized carbons (Fsp3) is 0.300. The third-order valence-corrected chi connectivity index (χ3v) is 1.11. The molecule has 0 heterocycles. The Labute approximate surface area is 78.3 Å². The summed E-state index contributed by atoms with van der Waals surface area (Å²) >= 11 is 0. The lowest BCUT2D eigenvalue weighted by Gasteiger charge is -1.99. The first-order valence-electron chi connectivity index (χ1n) is 4.14. The minimum atomic E-state index is -0.698. The molecule has 0 saturated heterocycles. The molecular weight excluding hydrogens is 168 g/mol. The lowest BCUT2D eigenvalue weighted by molar-refractivity contribution is 0.121. The number of carbonyl (C=O) groups is 1. The van der Waals surface area contributed by atoms with Crippen molar-refractivity contribution in [2.75, 3.05) is 7.11 Å². The normalized spacial score (nSPS) is 7.92. The van der Waals surface area contributed by atoms with Crippen molar-refractivity contribution < 1.29 is 14.3 Å². The standard InChI is InChI=1S/C8H8O3.C2H6/c1-10-8(9)11-7-5-3-2-4-6-7;1-2/h2-6H,1H3;1-2H3. The van der Waals surface area contributed by atoms with Crippen LogP contribution in [0.5, 0.6) is 5.75 Å². The molecule has 0 unspecified atom stereocenters. The Balaban J connectivity index is 0.000000671. The highest BCUT2D eigenvalue weighted by Gasteiger charge is 2.00. The fourth-order valence-corrected chi connectivity index (χ4v) is 0.626. The summed E-state index contributed by atoms with van der Waals surface area (Å²) in [5, 5.41) is 0. The van der Waals surface area contributed by atoms with E-state index in [9.17, 15) is 4.79 Å². The fourth-order valence-electron chi connectivity index (χ4n) is 0.626. The highest BCUT2D eigenvalue weighted by Crippen LogP contribution is 2.08. The Morgan fingerprint density at radius 1 is 1.15 bits per heavy atom. The van der Waals surface area contributed by atoms with Crippen LogP contribution >= 0.6 is 0 Å². The van der Waals surface area contributed by atoms with E-state index in [1.165, 1.54) is 7.11 Å². The molecule has 0 aliphatic carbocycles. The van der Waals surface area contributed by atoms with Gasteiger partial charge in [-0.05, 0) is 12.1 Å². The first kappa shape index (κ1) is 11.5. The molecule has 3 nitrogen and oxygen atoms in total. The van der Waals surface area contributed by atoms with Gasteiger partial charge in [-0.15, -0.1) is 0 Å². The number of methoxy groups -OCH3 is 1. The van der Waals surface area contributed by atoms with Gasteiger partial charge >= 0.3 is 6.16 Å². The van der Waals surface area contributed by atoms with Crippen LogP contribution in [0, 0.1) is 0 Å². The summed E-state index contributed by atoms with van der Waals surface area (Å²) in [5.74, 6) is 0.486. The first-order valence-corrected chi connectivity index (χ1v) is 4.14. The molecular formula is C10H14O3. The maximum Gasteiger partial charge on any atom is 0.513 e. The second-order valence-corrected chi connectivity index (χ2v) is 1.87. The molecule has 0 fully saturated rings. The van der Waals surface area contributed by atoms with Crippen LogP contribution in [-0.2, 0) is 4.74 Å². The molecule has 0 bridgehead atoms. The molecule has 13 heavy (non-hydrogen) atoms. The van der Waals surface area contributed by atoms with Gasteiger partial charge in [0, 0.05) is 0 Å². The van der Waals surface area contributed by atoms with E-state index in [0.717, 1.165) is 0 Å². The van der Waals surface area contributed by atoms with Crippen LogP contribution in [0.3, 0.4) is 0 Å². The molecule has 0 radical (unpaired) electrons. The van der Waals surface area contributed by atoms with Crippen molar-refractivity contribution in [1.82, 2.24) is 0 Å². The minimum absolute atomic E-state index is 0.486. The van der Waals surface area contributed by atoms with Crippen LogP contribution in [0.15, 0.2) is 30.3 Å². The van der Waals surface area contributed by atoms with Crippen LogP contribution in [0.2, 0.25) is 0 Å². The van der Waals surface area contributed by atoms with E-state index in [2.05, 4.69) is 4.74 Å². The van der Waals surface area contributed by atoms with E-state index in [0.29, 0.717) is 5.75 Å². The second kappa shape index (κ2) is 7.16. The van der Waals surface area contributed by atoms with Crippen LogP contribution in [-0.4, -0.2) is 13.3 Å². The topological polar surface area (TPSA) is 35.5 Å². The third kappa shape index (κ3) is 4.85. The Bertz CT molecular complexity index is 231. The molecule has 0 amide bonds. The Kier molecular flexibility index (Phi) is 6.32. The van der Waals surface area contributed by atoms with E-state index < -0.39 is 6.16 Å². The Hall–Kier alpha value is -1.51. The van der Waals surface area contributed by atoms with Crippen LogP contribution in [0.25, 0.3) is 0 Å². The van der Waals surface area contributed by atoms with Crippen LogP contribution < -0.4 is 4.74 Å². The molecule has 1 rings (SSSR count). The SMILES string of the molecule is CC.COC(=O)Oc1ccccc1. The summed E-state index contributed by atoms with van der Waals surface area (Å²) in [6, 6.07) is 8.74. The van der Waals surface area contributed by atoms with Crippen molar-refractivity contribution in [3.8, 4) is 5.75 Å². The molecule has 3 heteroatoms. The largest absolute Gasteiger partial charge is 0.513 e. The zero-order valence-electron chi connectivity index (χ0n) is 8.11. The van der Waals surface area contributed by atoms with Gasteiger partial charge in [0.15, 0.2) is 0 Å². The van der Waals surface area contributed by atoms with E-state index >= 15 is 0 Å². The van der Waals surface area contributed by atoms with Crippen LogP contribution in [0.1, 0.15) is 13.8 Å². The zero-order valence-corrected chi connectivity index (χ0v) is 8.11. The van der Waals surface area contributed by atoms with Gasteiger partial charge in [-0.25, -0.2) is 4.79 Å². The van der Waals surface area contributed by atoms with E-state index in [4.69, 9.17) is 4.74 Å². The van der Waals surface area contributed by atoms with E-state index in [1.807, 2.05) is 19.9 Å². The third-order valence-electron chi connectivity index (χ3n) is 1.11. The van der Waals surface area contributed by atoms with Crippen molar-refractivity contribution in [2.24, 2.45) is 0 Å². The summed E-state index contributed by atoms with van der Waals surface area (Å²) in [6.07, 6.45) is -0.698. The molecule has 1 aromatic rings. The number of para-hydroxylation sites is 1. The van der Waals surface area contributed by atoms with E-state index in [1.54, 1.807) is 24.3 Å². The molecule has 0 aromatic heterocycles. The molecule has 1 aromatic carbocycles. The van der Waals surface area contributed by atoms with Gasteiger partial charge in [0.05, 0.1) is 7.11 Å². The van der Waals surface area contributed by atoms with Crippen molar-refractivity contribution in [3.05, 3.63) is 30.3 Å². The number of hydrogen-bond acceptors (Lipinski definition) is 3. The summed E-state index contributed by atoms with van der Waals surface area (Å²) in [6.45, 7) is 4.00. The predicted molar refractivity (Wildman–Crippen MR) is 50.8 cm³/mol. The maximum absolute atomic E-state index is 10.5. The average molecular weight is 182 g/mol. The highest BCUT2D eigenvalue weighted by molar-refractivity contribution is 5.63. The lowest BCUT2D eigenvalue weighted by atomic mass is 10.3. The second-order valence-electron chi connectivity index (χ2n) is 1.87. The zero-order chi connectivity index (χ0) is 10.1. The average Bonchev–Trinajstić information content (AvgIpc) is 2.22. The summed E-state index contributed by atoms with van der Waals surface area (Å²) < 4.78 is 9.00. The van der Waals surface area contributed by atoms with Crippen molar-refractivity contribution >= 4 is 6.16 Å². The Morgan fingerprint density at radius 3 is 2.15 bits per heavy atom. The van der Waals surface area contributed by atoms with Gasteiger partial charge < -0.3 is 9.47 Å². The smallest absolute Gasteiger partial charge is 0.437 e. The lowest BCUT2D eigenvalue weighted by Crippen LogP contribution is -2.06. The quantitative estimate of drug-likeness (QED) is 0.495. The molecule has 0 aliphatic heterocycles. The summed E-state index contributed by atoms with van der Waals surface area (Å²) in [4.78, 5) is 10.5. The monoisotopic (exact) mass is 182 g/mol. The molecule has 0 spiro atoms. The van der Waals surface area contributed by atoms with Gasteiger partial charge in [-0.1, -0.05) is 32.0 Å². The van der Waals surface area contributed by atoms with Gasteiger partial charge in [-0.3, -0.25) is 0 Å². The summed E-state index contributed by atoms with van der Waals surface area (Å²) in [7, 11) is 1.27. The number of benzene rings is 1. The van der Waals surface area contributed by atoms with E-state index in [-0.39, 0.29) is 0 Å². The minimum Gasteiger partial charge on any atom is -0.437 e. The maximum atomic E-state index is 10.5. The summed E-state index contributed by atoms with van der Waals surface area (Å²) in [5.41, 5.74) is 0. The number of hydrogen-bond donors (Lipinski definition) is 0.